The van der Waals surface area contributed by atoms with Crippen molar-refractivity contribution in [1.82, 2.24) is 15.1 Å². The molecule has 104 valence electrons. The molecular weight excluding hydrogens is 252 g/mol. The molecule has 4 unspecified atom stereocenters. The van der Waals surface area contributed by atoms with Crippen LogP contribution in [0.5, 0.6) is 0 Å². The third-order valence-electron chi connectivity index (χ3n) is 4.97. The first-order valence-corrected chi connectivity index (χ1v) is 7.24. The molecule has 0 spiro atoms. The highest BCUT2D eigenvalue weighted by Crippen LogP contribution is 2.51. The molecule has 2 saturated carbocycles. The van der Waals surface area contributed by atoms with Crippen molar-refractivity contribution in [3.05, 3.63) is 29.9 Å². The third-order valence-corrected chi connectivity index (χ3v) is 4.97. The smallest absolute Gasteiger partial charge is 0.231 e. The van der Waals surface area contributed by atoms with E-state index >= 15 is 0 Å². The number of nitrogens with zero attached hydrogens (tertiary/aromatic N) is 3. The molecule has 5 heteroatoms. The molecule has 5 nitrogen and oxygen atoms in total. The summed E-state index contributed by atoms with van der Waals surface area (Å²) in [6.45, 7) is 2.00. The van der Waals surface area contributed by atoms with Gasteiger partial charge in [0.05, 0.1) is 5.92 Å². The van der Waals surface area contributed by atoms with Crippen molar-refractivity contribution in [1.29, 1.82) is 0 Å². The van der Waals surface area contributed by atoms with Gasteiger partial charge in [0.15, 0.2) is 0 Å². The van der Waals surface area contributed by atoms with Gasteiger partial charge in [-0.2, -0.15) is 4.98 Å². The highest BCUT2D eigenvalue weighted by molar-refractivity contribution is 5.58. The second kappa shape index (κ2) is 4.38. The quantitative estimate of drug-likeness (QED) is 0.905. The fourth-order valence-corrected chi connectivity index (χ4v) is 3.91. The lowest BCUT2D eigenvalue weighted by molar-refractivity contribution is 0.279. The Balaban J connectivity index is 1.68. The second-order valence-electron chi connectivity index (χ2n) is 6.08. The molecule has 2 aliphatic rings. The minimum absolute atomic E-state index is 0.181. The Hall–Kier alpha value is -1.75. The largest absolute Gasteiger partial charge is 0.339 e. The van der Waals surface area contributed by atoms with Crippen LogP contribution in [-0.4, -0.2) is 21.2 Å². The van der Waals surface area contributed by atoms with Gasteiger partial charge in [-0.05, 0) is 49.7 Å². The van der Waals surface area contributed by atoms with Crippen molar-refractivity contribution in [2.45, 2.75) is 38.1 Å². The van der Waals surface area contributed by atoms with Crippen LogP contribution in [0.3, 0.4) is 0 Å². The van der Waals surface area contributed by atoms with Crippen molar-refractivity contribution in [2.24, 2.45) is 17.6 Å². The van der Waals surface area contributed by atoms with Gasteiger partial charge in [0.25, 0.3) is 0 Å². The lowest BCUT2D eigenvalue weighted by Crippen LogP contribution is -2.34. The molecule has 2 aromatic rings. The van der Waals surface area contributed by atoms with E-state index in [2.05, 4.69) is 15.1 Å². The van der Waals surface area contributed by atoms with Crippen LogP contribution in [-0.2, 0) is 0 Å². The highest BCUT2D eigenvalue weighted by Gasteiger charge is 2.48. The molecule has 0 aliphatic heterocycles. The number of aromatic nitrogens is 3. The summed E-state index contributed by atoms with van der Waals surface area (Å²) in [7, 11) is 0. The zero-order chi connectivity index (χ0) is 13.7. The molecule has 0 aromatic carbocycles. The molecule has 2 aromatic heterocycles. The Bertz CT molecular complexity index is 636. The molecule has 2 bridgehead atoms. The number of hydrogen-bond donors (Lipinski definition) is 1. The summed E-state index contributed by atoms with van der Waals surface area (Å²) >= 11 is 0. The molecule has 4 atom stereocenters. The molecule has 2 heterocycles. The van der Waals surface area contributed by atoms with Gasteiger partial charge in [0.1, 0.15) is 0 Å². The van der Waals surface area contributed by atoms with Crippen molar-refractivity contribution in [2.75, 3.05) is 0 Å². The van der Waals surface area contributed by atoms with Crippen LogP contribution in [0.4, 0.5) is 0 Å². The van der Waals surface area contributed by atoms with E-state index in [1.54, 1.807) is 6.20 Å². The topological polar surface area (TPSA) is 77.8 Å². The zero-order valence-corrected chi connectivity index (χ0v) is 11.5. The van der Waals surface area contributed by atoms with Crippen molar-refractivity contribution < 1.29 is 4.52 Å². The van der Waals surface area contributed by atoms with E-state index in [9.17, 15) is 0 Å². The van der Waals surface area contributed by atoms with E-state index in [-0.39, 0.29) is 12.0 Å². The van der Waals surface area contributed by atoms with Crippen molar-refractivity contribution >= 4 is 0 Å². The predicted octanol–water partition coefficient (Wildman–Crippen LogP) is 2.28. The minimum atomic E-state index is 0.181. The number of fused-ring (bicyclic) bond motifs is 2. The van der Waals surface area contributed by atoms with Crippen LogP contribution in [0.25, 0.3) is 11.4 Å². The monoisotopic (exact) mass is 270 g/mol. The Kier molecular flexibility index (Phi) is 2.63. The Morgan fingerprint density at radius 3 is 2.90 bits per heavy atom. The SMILES string of the molecule is Cc1cnccc1-c1noc(C2C3CCC(C3)C2N)n1. The number of hydrogen-bond acceptors (Lipinski definition) is 5. The van der Waals surface area contributed by atoms with Gasteiger partial charge >= 0.3 is 0 Å². The highest BCUT2D eigenvalue weighted by atomic mass is 16.5. The van der Waals surface area contributed by atoms with Crippen molar-refractivity contribution in [3.63, 3.8) is 0 Å². The van der Waals surface area contributed by atoms with E-state index in [1.807, 2.05) is 19.2 Å². The summed E-state index contributed by atoms with van der Waals surface area (Å²) in [5.41, 5.74) is 8.37. The average Bonchev–Trinajstić information content (AvgIpc) is 3.14. The molecule has 0 radical (unpaired) electrons. The van der Waals surface area contributed by atoms with Gasteiger partial charge in [-0.3, -0.25) is 4.98 Å². The number of nitrogens with two attached hydrogens (primary N) is 1. The van der Waals surface area contributed by atoms with E-state index < -0.39 is 0 Å². The van der Waals surface area contributed by atoms with E-state index in [1.165, 1.54) is 19.3 Å². The lowest BCUT2D eigenvalue weighted by Gasteiger charge is -2.24. The van der Waals surface area contributed by atoms with Crippen LogP contribution in [0, 0.1) is 18.8 Å². The number of rotatable bonds is 2. The van der Waals surface area contributed by atoms with Gasteiger partial charge < -0.3 is 10.3 Å². The van der Waals surface area contributed by atoms with Gasteiger partial charge in [0, 0.05) is 24.0 Å². The van der Waals surface area contributed by atoms with Crippen LogP contribution in [0.15, 0.2) is 23.0 Å². The first-order chi connectivity index (χ1) is 9.74. The minimum Gasteiger partial charge on any atom is -0.339 e. The summed E-state index contributed by atoms with van der Waals surface area (Å²) in [6, 6.07) is 2.10. The van der Waals surface area contributed by atoms with E-state index in [4.69, 9.17) is 10.3 Å². The zero-order valence-electron chi connectivity index (χ0n) is 11.5. The molecule has 4 rings (SSSR count). The van der Waals surface area contributed by atoms with Crippen molar-refractivity contribution in [3.8, 4) is 11.4 Å². The molecular formula is C15H18N4O. The van der Waals surface area contributed by atoms with Crippen LogP contribution in [0.1, 0.15) is 36.6 Å². The lowest BCUT2D eigenvalue weighted by atomic mass is 9.85. The van der Waals surface area contributed by atoms with Crippen LogP contribution >= 0.6 is 0 Å². The van der Waals surface area contributed by atoms with E-state index in [0.717, 1.165) is 17.0 Å². The fourth-order valence-electron chi connectivity index (χ4n) is 3.91. The average molecular weight is 270 g/mol. The maximum atomic E-state index is 6.34. The van der Waals surface area contributed by atoms with Gasteiger partial charge in [-0.25, -0.2) is 0 Å². The number of aryl methyl sites for hydroxylation is 1. The van der Waals surface area contributed by atoms with Crippen LogP contribution in [0.2, 0.25) is 0 Å². The molecule has 0 amide bonds. The molecule has 2 N–H and O–H groups in total. The maximum Gasteiger partial charge on any atom is 0.231 e. The molecule has 20 heavy (non-hydrogen) atoms. The van der Waals surface area contributed by atoms with Gasteiger partial charge in [0.2, 0.25) is 11.7 Å². The van der Waals surface area contributed by atoms with Crippen LogP contribution < -0.4 is 5.73 Å². The summed E-state index contributed by atoms with van der Waals surface area (Å²) in [5.74, 6) is 2.88. The first-order valence-electron chi connectivity index (χ1n) is 7.24. The summed E-state index contributed by atoms with van der Waals surface area (Å²) in [6.07, 6.45) is 7.29. The molecule has 0 saturated heterocycles. The first kappa shape index (κ1) is 12.0. The van der Waals surface area contributed by atoms with Gasteiger partial charge in [-0.15, -0.1) is 0 Å². The number of pyridine rings is 1. The summed E-state index contributed by atoms with van der Waals surface area (Å²) < 4.78 is 5.52. The Morgan fingerprint density at radius 1 is 1.30 bits per heavy atom. The summed E-state index contributed by atoms with van der Waals surface area (Å²) in [5, 5.41) is 4.14. The third kappa shape index (κ3) is 1.69. The molecule has 2 fully saturated rings. The van der Waals surface area contributed by atoms with Gasteiger partial charge in [-0.1, -0.05) is 5.16 Å². The predicted molar refractivity (Wildman–Crippen MR) is 73.8 cm³/mol. The standard InChI is InChI=1S/C15H18N4O/c1-8-7-17-5-4-11(8)14-18-15(20-19-14)12-9-2-3-10(6-9)13(12)16/h4-5,7,9-10,12-13H,2-3,6,16H2,1H3. The maximum absolute atomic E-state index is 6.34. The summed E-state index contributed by atoms with van der Waals surface area (Å²) in [4.78, 5) is 8.70. The Morgan fingerprint density at radius 2 is 2.15 bits per heavy atom. The molecule has 2 aliphatic carbocycles. The second-order valence-corrected chi connectivity index (χ2v) is 6.08. The van der Waals surface area contributed by atoms with E-state index in [0.29, 0.717) is 17.7 Å². The fraction of sp³-hybridized carbons (Fsp3) is 0.533. The normalized spacial score (nSPS) is 31.9. The Labute approximate surface area is 117 Å².